The maximum atomic E-state index is 4.27. The predicted octanol–water partition coefficient (Wildman–Crippen LogP) is 2.66. The third-order valence-corrected chi connectivity index (χ3v) is 3.71. The van der Waals surface area contributed by atoms with E-state index in [4.69, 9.17) is 0 Å². The molecule has 0 fully saturated rings. The van der Waals surface area contributed by atoms with Gasteiger partial charge in [0.1, 0.15) is 0 Å². The summed E-state index contributed by atoms with van der Waals surface area (Å²) in [5.41, 5.74) is 5.40. The lowest BCUT2D eigenvalue weighted by molar-refractivity contribution is 0.681. The third-order valence-electron chi connectivity index (χ3n) is 3.08. The number of nitrogens with zero attached hydrogens (tertiary/aromatic N) is 3. The van der Waals surface area contributed by atoms with E-state index < -0.39 is 0 Å². The molecule has 4 nitrogen and oxygen atoms in total. The molecule has 3 rings (SSSR count). The van der Waals surface area contributed by atoms with E-state index >= 15 is 0 Å². The van der Waals surface area contributed by atoms with Gasteiger partial charge in [-0.2, -0.15) is 5.10 Å². The molecule has 0 saturated heterocycles. The number of hydrogen-bond donors (Lipinski definition) is 1. The van der Waals surface area contributed by atoms with Crippen molar-refractivity contribution in [1.29, 1.82) is 0 Å². The molecule has 0 radical (unpaired) electrons. The van der Waals surface area contributed by atoms with Crippen molar-refractivity contribution in [2.24, 2.45) is 0 Å². The molecule has 20 heavy (non-hydrogen) atoms. The summed E-state index contributed by atoms with van der Waals surface area (Å²) in [6.45, 7) is 1.83. The zero-order valence-corrected chi connectivity index (χ0v) is 11.9. The van der Waals surface area contributed by atoms with Gasteiger partial charge in [0.2, 0.25) is 0 Å². The lowest BCUT2D eigenvalue weighted by Crippen LogP contribution is -2.16. The molecule has 1 N–H and O–H groups in total. The Kier molecular flexibility index (Phi) is 4.20. The van der Waals surface area contributed by atoms with E-state index in [1.165, 1.54) is 5.56 Å². The monoisotopic (exact) mass is 284 g/mol. The van der Waals surface area contributed by atoms with Crippen molar-refractivity contribution >= 4 is 11.3 Å². The Balaban J connectivity index is 1.48. The van der Waals surface area contributed by atoms with E-state index in [2.05, 4.69) is 45.0 Å². The van der Waals surface area contributed by atoms with Crippen LogP contribution in [0.25, 0.3) is 5.69 Å². The van der Waals surface area contributed by atoms with Gasteiger partial charge < -0.3 is 5.32 Å². The Morgan fingerprint density at radius 2 is 2.10 bits per heavy atom. The highest BCUT2D eigenvalue weighted by molar-refractivity contribution is 7.07. The van der Waals surface area contributed by atoms with Crippen molar-refractivity contribution < 1.29 is 0 Å². The van der Waals surface area contributed by atoms with Gasteiger partial charge in [-0.25, -0.2) is 9.67 Å². The summed E-state index contributed by atoms with van der Waals surface area (Å²) >= 11 is 1.65. The van der Waals surface area contributed by atoms with Gasteiger partial charge in [0.15, 0.2) is 0 Å². The lowest BCUT2D eigenvalue weighted by Gasteiger charge is -2.06. The van der Waals surface area contributed by atoms with E-state index in [0.29, 0.717) is 0 Å². The fraction of sp³-hybridized carbons (Fsp3) is 0.200. The normalized spacial score (nSPS) is 10.8. The number of thiazole rings is 1. The average molecular weight is 284 g/mol. The van der Waals surface area contributed by atoms with Crippen LogP contribution in [-0.2, 0) is 13.0 Å². The first-order valence-electron chi connectivity index (χ1n) is 6.58. The van der Waals surface area contributed by atoms with Gasteiger partial charge in [0.25, 0.3) is 0 Å². The molecule has 2 aromatic heterocycles. The molecular formula is C15H16N4S. The molecule has 1 aromatic carbocycles. The van der Waals surface area contributed by atoms with Crippen molar-refractivity contribution in [2.45, 2.75) is 13.0 Å². The van der Waals surface area contributed by atoms with Gasteiger partial charge in [0.05, 0.1) is 16.9 Å². The molecule has 0 amide bonds. The topological polar surface area (TPSA) is 42.7 Å². The molecule has 0 aliphatic heterocycles. The quantitative estimate of drug-likeness (QED) is 0.708. The molecular weight excluding hydrogens is 268 g/mol. The molecule has 5 heteroatoms. The summed E-state index contributed by atoms with van der Waals surface area (Å²) in [7, 11) is 0. The van der Waals surface area contributed by atoms with Crippen LogP contribution in [-0.4, -0.2) is 21.3 Å². The minimum Gasteiger partial charge on any atom is -0.312 e. The van der Waals surface area contributed by atoms with Crippen LogP contribution < -0.4 is 5.32 Å². The highest BCUT2D eigenvalue weighted by Gasteiger charge is 1.98. The van der Waals surface area contributed by atoms with E-state index in [-0.39, 0.29) is 0 Å². The summed E-state index contributed by atoms with van der Waals surface area (Å²) in [5.74, 6) is 0. The van der Waals surface area contributed by atoms with Crippen LogP contribution in [0.1, 0.15) is 11.3 Å². The maximum absolute atomic E-state index is 4.27. The minimum absolute atomic E-state index is 0.878. The van der Waals surface area contributed by atoms with E-state index in [1.807, 2.05) is 22.5 Å². The molecule has 0 atom stereocenters. The summed E-state index contributed by atoms with van der Waals surface area (Å²) in [5, 5.41) is 9.75. The zero-order valence-electron chi connectivity index (χ0n) is 11.1. The van der Waals surface area contributed by atoms with Crippen molar-refractivity contribution in [1.82, 2.24) is 20.1 Å². The van der Waals surface area contributed by atoms with Crippen LogP contribution >= 0.6 is 11.3 Å². The molecule has 3 aromatic rings. The van der Waals surface area contributed by atoms with Gasteiger partial charge >= 0.3 is 0 Å². The molecule has 0 aliphatic rings. The predicted molar refractivity (Wildman–Crippen MR) is 81.1 cm³/mol. The van der Waals surface area contributed by atoms with Crippen LogP contribution in [0.3, 0.4) is 0 Å². The van der Waals surface area contributed by atoms with Crippen molar-refractivity contribution in [3.63, 3.8) is 0 Å². The Hall–Kier alpha value is -1.98. The van der Waals surface area contributed by atoms with Gasteiger partial charge in [-0.3, -0.25) is 0 Å². The fourth-order valence-corrected chi connectivity index (χ4v) is 2.59. The molecule has 2 heterocycles. The molecule has 0 aliphatic carbocycles. The summed E-state index contributed by atoms with van der Waals surface area (Å²) in [4.78, 5) is 4.27. The smallest absolute Gasteiger partial charge is 0.0794 e. The van der Waals surface area contributed by atoms with Crippen molar-refractivity contribution in [2.75, 3.05) is 6.54 Å². The number of aromatic nitrogens is 3. The highest BCUT2D eigenvalue weighted by Crippen LogP contribution is 2.08. The van der Waals surface area contributed by atoms with Crippen LogP contribution in [0.2, 0.25) is 0 Å². The van der Waals surface area contributed by atoms with Crippen LogP contribution in [0.15, 0.2) is 53.6 Å². The Bertz CT molecular complexity index is 614. The number of rotatable bonds is 6. The first-order valence-corrected chi connectivity index (χ1v) is 7.53. The van der Waals surface area contributed by atoms with Crippen LogP contribution in [0, 0.1) is 0 Å². The molecule has 0 bridgehead atoms. The standard InChI is InChI=1S/C15H16N4S/c1-7-18-19(9-1)15-4-2-13(3-5-15)10-16-8-6-14-11-20-12-17-14/h1-5,7,9,11-12,16H,6,8,10H2. The van der Waals surface area contributed by atoms with Crippen molar-refractivity contribution in [3.8, 4) is 5.69 Å². The first kappa shape index (κ1) is 13.0. The van der Waals surface area contributed by atoms with Gasteiger partial charge in [-0.1, -0.05) is 12.1 Å². The van der Waals surface area contributed by atoms with Crippen molar-refractivity contribution in [3.05, 3.63) is 64.9 Å². The minimum atomic E-state index is 0.878. The average Bonchev–Trinajstić information content (AvgIpc) is 3.17. The molecule has 102 valence electrons. The van der Waals surface area contributed by atoms with E-state index in [0.717, 1.165) is 30.9 Å². The Labute approximate surface area is 122 Å². The second-order valence-electron chi connectivity index (χ2n) is 4.52. The third kappa shape index (κ3) is 3.31. The van der Waals surface area contributed by atoms with Gasteiger partial charge in [-0.05, 0) is 23.8 Å². The maximum Gasteiger partial charge on any atom is 0.0794 e. The second-order valence-corrected chi connectivity index (χ2v) is 5.24. The second kappa shape index (κ2) is 6.45. The largest absolute Gasteiger partial charge is 0.312 e. The Morgan fingerprint density at radius 3 is 2.80 bits per heavy atom. The molecule has 0 unspecified atom stereocenters. The Morgan fingerprint density at radius 1 is 1.20 bits per heavy atom. The van der Waals surface area contributed by atoms with Crippen LogP contribution in [0.5, 0.6) is 0 Å². The van der Waals surface area contributed by atoms with Gasteiger partial charge in [0, 0.05) is 37.3 Å². The summed E-state index contributed by atoms with van der Waals surface area (Å²) < 4.78 is 1.86. The number of benzene rings is 1. The fourth-order valence-electron chi connectivity index (χ4n) is 2.00. The summed E-state index contributed by atoms with van der Waals surface area (Å²) in [6, 6.07) is 10.4. The zero-order chi connectivity index (χ0) is 13.6. The first-order chi connectivity index (χ1) is 9.92. The number of hydrogen-bond acceptors (Lipinski definition) is 4. The summed E-state index contributed by atoms with van der Waals surface area (Å²) in [6.07, 6.45) is 4.71. The van der Waals surface area contributed by atoms with Gasteiger partial charge in [-0.15, -0.1) is 11.3 Å². The molecule has 0 spiro atoms. The van der Waals surface area contributed by atoms with Crippen LogP contribution in [0.4, 0.5) is 0 Å². The SMILES string of the molecule is c1cnn(-c2ccc(CNCCc3cscn3)cc2)c1. The highest BCUT2D eigenvalue weighted by atomic mass is 32.1. The van der Waals surface area contributed by atoms with E-state index in [1.54, 1.807) is 17.5 Å². The lowest BCUT2D eigenvalue weighted by atomic mass is 10.2. The number of nitrogens with one attached hydrogen (secondary N) is 1. The van der Waals surface area contributed by atoms with E-state index in [9.17, 15) is 0 Å². The molecule has 0 saturated carbocycles.